The summed E-state index contributed by atoms with van der Waals surface area (Å²) in [6, 6.07) is 6.15. The maximum absolute atomic E-state index is 5.81. The van der Waals surface area contributed by atoms with E-state index < -0.39 is 0 Å². The monoisotopic (exact) mass is 402 g/mol. The molecule has 3 N–H and O–H groups in total. The molecule has 1 unspecified atom stereocenters. The fourth-order valence-electron chi connectivity index (χ4n) is 2.29. The second kappa shape index (κ2) is 8.05. The molecule has 0 saturated heterocycles. The van der Waals surface area contributed by atoms with Gasteiger partial charge in [-0.05, 0) is 38.0 Å². The van der Waals surface area contributed by atoms with E-state index in [1.54, 1.807) is 16.7 Å². The van der Waals surface area contributed by atoms with Gasteiger partial charge in [0.05, 0.1) is 5.25 Å². The van der Waals surface area contributed by atoms with Crippen molar-refractivity contribution in [1.29, 1.82) is 0 Å². The van der Waals surface area contributed by atoms with E-state index in [0.717, 1.165) is 15.2 Å². The molecule has 0 aliphatic rings. The number of hydrogen-bond acceptors (Lipinski definition) is 10. The van der Waals surface area contributed by atoms with Gasteiger partial charge in [0.25, 0.3) is 0 Å². The number of anilines is 4. The minimum Gasteiger partial charge on any atom is -0.368 e. The lowest BCUT2D eigenvalue weighted by atomic mass is 10.1. The molecule has 0 bridgehead atoms. The number of thioether (sulfide) groups is 1. The second-order valence-corrected chi connectivity index (χ2v) is 8.82. The molecule has 1 aromatic carbocycles. The summed E-state index contributed by atoms with van der Waals surface area (Å²) in [7, 11) is 3.73. The summed E-state index contributed by atoms with van der Waals surface area (Å²) in [5.41, 5.74) is 9.28. The average molecular weight is 403 g/mol. The number of nitrogens with one attached hydrogen (secondary N) is 1. The lowest BCUT2D eigenvalue weighted by Gasteiger charge is -2.13. The summed E-state index contributed by atoms with van der Waals surface area (Å²) >= 11 is 3.04. The summed E-state index contributed by atoms with van der Waals surface area (Å²) < 4.78 is 0.834. The summed E-state index contributed by atoms with van der Waals surface area (Å²) in [4.78, 5) is 14.7. The first-order valence-corrected chi connectivity index (χ1v) is 10.0. The van der Waals surface area contributed by atoms with Crippen molar-refractivity contribution in [3.05, 3.63) is 35.2 Å². The third-order valence-corrected chi connectivity index (χ3v) is 5.97. The van der Waals surface area contributed by atoms with E-state index in [1.165, 1.54) is 22.5 Å². The van der Waals surface area contributed by atoms with Crippen molar-refractivity contribution in [3.63, 3.8) is 0 Å². The van der Waals surface area contributed by atoms with Crippen LogP contribution in [0.15, 0.2) is 22.5 Å². The molecule has 0 amide bonds. The number of aryl methyl sites for hydroxylation is 1. The molecule has 10 heteroatoms. The van der Waals surface area contributed by atoms with Crippen LogP contribution in [0.25, 0.3) is 0 Å². The summed E-state index contributed by atoms with van der Waals surface area (Å²) in [6.45, 7) is 6.19. The zero-order chi connectivity index (χ0) is 19.6. The molecule has 0 spiro atoms. The largest absolute Gasteiger partial charge is 0.368 e. The van der Waals surface area contributed by atoms with E-state index in [2.05, 4.69) is 50.4 Å². The van der Waals surface area contributed by atoms with Crippen molar-refractivity contribution in [1.82, 2.24) is 25.1 Å². The van der Waals surface area contributed by atoms with E-state index in [4.69, 9.17) is 5.73 Å². The van der Waals surface area contributed by atoms with E-state index in [1.807, 2.05) is 33.2 Å². The normalized spacial score (nSPS) is 12.0. The summed E-state index contributed by atoms with van der Waals surface area (Å²) in [6.07, 6.45) is 0. The molecule has 2 heterocycles. The minimum absolute atomic E-state index is 0.0319. The highest BCUT2D eigenvalue weighted by Gasteiger charge is 2.17. The van der Waals surface area contributed by atoms with Crippen molar-refractivity contribution in [2.45, 2.75) is 30.4 Å². The Bertz CT molecular complexity index is 940. The molecule has 27 heavy (non-hydrogen) atoms. The number of hydrogen-bond donors (Lipinski definition) is 2. The Hall–Kier alpha value is -2.46. The predicted octanol–water partition coefficient (Wildman–Crippen LogP) is 3.59. The molecule has 0 aliphatic heterocycles. The molecule has 1 atom stereocenters. The highest BCUT2D eigenvalue weighted by Crippen LogP contribution is 2.37. The van der Waals surface area contributed by atoms with Gasteiger partial charge in [-0.25, -0.2) is 0 Å². The van der Waals surface area contributed by atoms with Gasteiger partial charge in [0.2, 0.25) is 17.0 Å². The van der Waals surface area contributed by atoms with Crippen LogP contribution in [0.5, 0.6) is 0 Å². The van der Waals surface area contributed by atoms with Crippen LogP contribution >= 0.6 is 23.1 Å². The first-order valence-electron chi connectivity index (χ1n) is 8.35. The summed E-state index contributed by atoms with van der Waals surface area (Å²) in [5, 5.41) is 12.6. The molecule has 2 aromatic heterocycles. The third kappa shape index (κ3) is 4.64. The third-order valence-electron chi connectivity index (χ3n) is 3.95. The fourth-order valence-corrected chi connectivity index (χ4v) is 4.25. The van der Waals surface area contributed by atoms with Crippen LogP contribution in [0.3, 0.4) is 0 Å². The molecular formula is C17H22N8S2. The van der Waals surface area contributed by atoms with Crippen molar-refractivity contribution in [2.75, 3.05) is 30.0 Å². The molecule has 0 saturated carbocycles. The number of benzene rings is 1. The van der Waals surface area contributed by atoms with Crippen LogP contribution < -0.4 is 16.0 Å². The maximum Gasteiger partial charge on any atom is 0.229 e. The first-order chi connectivity index (χ1) is 12.8. The van der Waals surface area contributed by atoms with Crippen molar-refractivity contribution >= 4 is 45.8 Å². The first kappa shape index (κ1) is 19.3. The number of nitrogens with zero attached hydrogens (tertiary/aromatic N) is 6. The Labute approximate surface area is 166 Å². The highest BCUT2D eigenvalue weighted by molar-refractivity contribution is 8.01. The zero-order valence-electron chi connectivity index (χ0n) is 15.9. The molecular weight excluding hydrogens is 380 g/mol. The number of nitrogen functional groups attached to an aromatic ring is 1. The van der Waals surface area contributed by atoms with Crippen LogP contribution in [-0.2, 0) is 0 Å². The quantitative estimate of drug-likeness (QED) is 0.598. The molecule has 8 nitrogen and oxygen atoms in total. The number of aromatic nitrogens is 5. The SMILES string of the molecule is Cc1cccc(Nc2nnc(SC(C)c3nc(N)nc(N(C)C)n3)s2)c1C. The highest BCUT2D eigenvalue weighted by atomic mass is 32.2. The van der Waals surface area contributed by atoms with Crippen molar-refractivity contribution in [3.8, 4) is 0 Å². The van der Waals surface area contributed by atoms with Crippen molar-refractivity contribution in [2.24, 2.45) is 0 Å². The van der Waals surface area contributed by atoms with Gasteiger partial charge >= 0.3 is 0 Å². The van der Waals surface area contributed by atoms with Gasteiger partial charge < -0.3 is 16.0 Å². The van der Waals surface area contributed by atoms with Gasteiger partial charge in [0.1, 0.15) is 5.82 Å². The van der Waals surface area contributed by atoms with E-state index in [9.17, 15) is 0 Å². The second-order valence-electron chi connectivity index (χ2n) is 6.25. The topological polar surface area (TPSA) is 106 Å². The molecule has 0 fully saturated rings. The minimum atomic E-state index is -0.0319. The average Bonchev–Trinajstić information content (AvgIpc) is 3.05. The summed E-state index contributed by atoms with van der Waals surface area (Å²) in [5.74, 6) is 1.38. The smallest absolute Gasteiger partial charge is 0.229 e. The molecule has 3 rings (SSSR count). The van der Waals surface area contributed by atoms with Gasteiger partial charge in [-0.15, -0.1) is 10.2 Å². The van der Waals surface area contributed by atoms with Crippen LogP contribution in [0, 0.1) is 13.8 Å². The lowest BCUT2D eigenvalue weighted by Crippen LogP contribution is -2.16. The zero-order valence-corrected chi connectivity index (χ0v) is 17.5. The fraction of sp³-hybridized carbons (Fsp3) is 0.353. The Morgan fingerprint density at radius 1 is 1.15 bits per heavy atom. The Morgan fingerprint density at radius 3 is 2.67 bits per heavy atom. The molecule has 142 valence electrons. The van der Waals surface area contributed by atoms with Crippen LogP contribution in [0.1, 0.15) is 29.1 Å². The Balaban J connectivity index is 1.73. The van der Waals surface area contributed by atoms with Gasteiger partial charge in [-0.2, -0.15) is 15.0 Å². The maximum atomic E-state index is 5.81. The van der Waals surface area contributed by atoms with Crippen LogP contribution in [0.4, 0.5) is 22.7 Å². The van der Waals surface area contributed by atoms with Gasteiger partial charge in [-0.1, -0.05) is 35.2 Å². The van der Waals surface area contributed by atoms with Crippen LogP contribution in [-0.4, -0.2) is 39.2 Å². The Kier molecular flexibility index (Phi) is 5.76. The Morgan fingerprint density at radius 2 is 1.93 bits per heavy atom. The van der Waals surface area contributed by atoms with Gasteiger partial charge in [-0.3, -0.25) is 0 Å². The van der Waals surface area contributed by atoms with Gasteiger partial charge in [0.15, 0.2) is 4.34 Å². The molecule has 3 aromatic rings. The van der Waals surface area contributed by atoms with Crippen LogP contribution in [0.2, 0.25) is 0 Å². The number of rotatable bonds is 6. The molecule has 0 aliphatic carbocycles. The van der Waals surface area contributed by atoms with Gasteiger partial charge in [0, 0.05) is 19.8 Å². The molecule has 0 radical (unpaired) electrons. The van der Waals surface area contributed by atoms with E-state index in [0.29, 0.717) is 11.8 Å². The predicted molar refractivity (Wildman–Crippen MR) is 112 cm³/mol. The van der Waals surface area contributed by atoms with E-state index >= 15 is 0 Å². The number of nitrogens with two attached hydrogens (primary N) is 1. The van der Waals surface area contributed by atoms with Crippen molar-refractivity contribution < 1.29 is 0 Å². The standard InChI is InChI=1S/C17H22N8S2/c1-9-7-6-8-12(10(9)2)19-16-23-24-17(27-16)26-11(3)13-20-14(18)22-15(21-13)25(4)5/h6-8,11H,1-5H3,(H,19,23)(H2,18,20,21,22). The van der Waals surface area contributed by atoms with E-state index in [-0.39, 0.29) is 11.2 Å². The lowest BCUT2D eigenvalue weighted by molar-refractivity contribution is 0.863.